The third kappa shape index (κ3) is 5.45. The molecule has 6 nitrogen and oxygen atoms in total. The van der Waals surface area contributed by atoms with Crippen molar-refractivity contribution in [3.05, 3.63) is 35.4 Å². The molecule has 0 unspecified atom stereocenters. The lowest BCUT2D eigenvalue weighted by molar-refractivity contribution is 0.134. The summed E-state index contributed by atoms with van der Waals surface area (Å²) in [6.45, 7) is 4.53. The smallest absolute Gasteiger partial charge is 0.317 e. The van der Waals surface area contributed by atoms with Gasteiger partial charge in [-0.3, -0.25) is 0 Å². The molecule has 0 atom stereocenters. The molecule has 2 saturated heterocycles. The molecule has 1 N–H and O–H groups in total. The molecular weight excluding hydrogens is 350 g/mol. The summed E-state index contributed by atoms with van der Waals surface area (Å²) in [6, 6.07) is 8.00. The van der Waals surface area contributed by atoms with Crippen LogP contribution in [0.25, 0.3) is 0 Å². The first-order valence-corrected chi connectivity index (χ1v) is 11.5. The van der Waals surface area contributed by atoms with Gasteiger partial charge in [0.25, 0.3) is 0 Å². The zero-order chi connectivity index (χ0) is 18.6. The van der Waals surface area contributed by atoms with Crippen LogP contribution in [0.3, 0.4) is 0 Å². The van der Waals surface area contributed by atoms with E-state index in [1.807, 2.05) is 29.2 Å². The number of likely N-dealkylation sites (tertiary alicyclic amines) is 2. The van der Waals surface area contributed by atoms with Gasteiger partial charge in [0, 0.05) is 31.9 Å². The van der Waals surface area contributed by atoms with Crippen LogP contribution in [0.2, 0.25) is 0 Å². The number of hydrogen-bond acceptors (Lipinski definition) is 4. The fraction of sp³-hybridized carbons (Fsp3) is 0.632. The molecule has 2 aliphatic heterocycles. The molecule has 2 aliphatic rings. The van der Waals surface area contributed by atoms with Crippen LogP contribution in [0, 0.1) is 0 Å². The molecule has 0 aromatic heterocycles. The van der Waals surface area contributed by atoms with Crippen molar-refractivity contribution in [2.75, 3.05) is 32.4 Å². The zero-order valence-corrected chi connectivity index (χ0v) is 16.3. The Bertz CT molecular complexity index is 704. The fourth-order valence-electron chi connectivity index (χ4n) is 3.89. The Morgan fingerprint density at radius 1 is 1.04 bits per heavy atom. The third-order valence-corrected chi connectivity index (χ3v) is 6.16. The van der Waals surface area contributed by atoms with Crippen molar-refractivity contribution in [1.29, 1.82) is 0 Å². The van der Waals surface area contributed by atoms with Crippen molar-refractivity contribution in [2.24, 2.45) is 0 Å². The van der Waals surface area contributed by atoms with Crippen molar-refractivity contribution in [3.63, 3.8) is 0 Å². The van der Waals surface area contributed by atoms with Crippen LogP contribution < -0.4 is 5.32 Å². The van der Waals surface area contributed by atoms with E-state index in [1.54, 1.807) is 0 Å². The van der Waals surface area contributed by atoms with Gasteiger partial charge in [0.2, 0.25) is 0 Å². The van der Waals surface area contributed by atoms with E-state index in [0.717, 1.165) is 37.1 Å². The molecular formula is C19H29N3O3S. The molecule has 2 heterocycles. The number of sulfone groups is 1. The highest BCUT2D eigenvalue weighted by molar-refractivity contribution is 7.89. The van der Waals surface area contributed by atoms with Gasteiger partial charge in [-0.2, -0.15) is 0 Å². The second-order valence-electron chi connectivity index (χ2n) is 7.51. The summed E-state index contributed by atoms with van der Waals surface area (Å²) >= 11 is 0. The minimum Gasteiger partial charge on any atom is -0.334 e. The number of hydrogen-bond donors (Lipinski definition) is 1. The minimum absolute atomic E-state index is 0.00918. The second-order valence-corrected chi connectivity index (χ2v) is 9.65. The summed E-state index contributed by atoms with van der Waals surface area (Å²) in [7, 11) is -3.02. The van der Waals surface area contributed by atoms with Crippen LogP contribution in [0.1, 0.15) is 36.8 Å². The Hall–Kier alpha value is -1.60. The van der Waals surface area contributed by atoms with E-state index in [2.05, 4.69) is 10.2 Å². The maximum atomic E-state index is 12.4. The van der Waals surface area contributed by atoms with Gasteiger partial charge in [-0.15, -0.1) is 0 Å². The largest absolute Gasteiger partial charge is 0.334 e. The first-order valence-electron chi connectivity index (χ1n) is 9.43. The summed E-state index contributed by atoms with van der Waals surface area (Å²) in [5.41, 5.74) is 1.74. The zero-order valence-electron chi connectivity index (χ0n) is 15.5. The maximum Gasteiger partial charge on any atom is 0.317 e. The molecule has 3 rings (SSSR count). The predicted octanol–water partition coefficient (Wildman–Crippen LogP) is 2.00. The van der Waals surface area contributed by atoms with Crippen LogP contribution in [0.5, 0.6) is 0 Å². The van der Waals surface area contributed by atoms with Gasteiger partial charge < -0.3 is 15.1 Å². The molecule has 1 aromatic rings. The Morgan fingerprint density at radius 3 is 2.19 bits per heavy atom. The predicted molar refractivity (Wildman–Crippen MR) is 103 cm³/mol. The number of urea groups is 1. The average Bonchev–Trinajstić information content (AvgIpc) is 3.14. The van der Waals surface area contributed by atoms with Gasteiger partial charge in [-0.05, 0) is 49.9 Å². The first-order chi connectivity index (χ1) is 12.4. The Labute approximate surface area is 156 Å². The van der Waals surface area contributed by atoms with Gasteiger partial charge in [0.15, 0.2) is 9.84 Å². The Balaban J connectivity index is 1.42. The number of amides is 2. The molecule has 2 amide bonds. The minimum atomic E-state index is -3.02. The third-order valence-electron chi connectivity index (χ3n) is 5.30. The molecule has 0 radical (unpaired) electrons. The van der Waals surface area contributed by atoms with Crippen molar-refractivity contribution in [1.82, 2.24) is 15.1 Å². The summed E-state index contributed by atoms with van der Waals surface area (Å²) in [5, 5.41) is 2.98. The van der Waals surface area contributed by atoms with Crippen LogP contribution in [-0.4, -0.2) is 62.7 Å². The van der Waals surface area contributed by atoms with Gasteiger partial charge in [-0.25, -0.2) is 13.2 Å². The summed E-state index contributed by atoms with van der Waals surface area (Å²) in [4.78, 5) is 16.9. The van der Waals surface area contributed by atoms with Crippen LogP contribution >= 0.6 is 0 Å². The summed E-state index contributed by atoms with van der Waals surface area (Å²) in [5.74, 6) is 0.0472. The quantitative estimate of drug-likeness (QED) is 0.850. The highest BCUT2D eigenvalue weighted by Crippen LogP contribution is 2.21. The topological polar surface area (TPSA) is 69.7 Å². The lowest BCUT2D eigenvalue weighted by atomic mass is 10.0. The van der Waals surface area contributed by atoms with E-state index in [0.29, 0.717) is 12.6 Å². The van der Waals surface area contributed by atoms with E-state index in [9.17, 15) is 13.2 Å². The standard InChI is InChI=1S/C19H29N3O3S/c1-26(24,25)15-17-6-4-16(5-7-17)14-20-19(23)22-12-8-18(9-13-22)21-10-2-3-11-21/h4-7,18H,2-3,8-15H2,1H3,(H,20,23). The second kappa shape index (κ2) is 8.39. The number of nitrogens with zero attached hydrogens (tertiary/aromatic N) is 2. The van der Waals surface area contributed by atoms with Crippen LogP contribution in [-0.2, 0) is 22.1 Å². The van der Waals surface area contributed by atoms with E-state index < -0.39 is 9.84 Å². The normalized spacial score (nSPS) is 19.7. The number of carbonyl (C=O) groups is 1. The van der Waals surface area contributed by atoms with Crippen molar-refractivity contribution >= 4 is 15.9 Å². The highest BCUT2D eigenvalue weighted by Gasteiger charge is 2.28. The molecule has 2 fully saturated rings. The van der Waals surface area contributed by atoms with Crippen molar-refractivity contribution < 1.29 is 13.2 Å². The Morgan fingerprint density at radius 2 is 1.62 bits per heavy atom. The Kier molecular flexibility index (Phi) is 6.19. The monoisotopic (exact) mass is 379 g/mol. The van der Waals surface area contributed by atoms with E-state index in [1.165, 1.54) is 32.2 Å². The number of rotatable bonds is 5. The molecule has 26 heavy (non-hydrogen) atoms. The fourth-order valence-corrected chi connectivity index (χ4v) is 4.68. The molecule has 0 spiro atoms. The molecule has 7 heteroatoms. The molecule has 0 aliphatic carbocycles. The van der Waals surface area contributed by atoms with Gasteiger partial charge in [-0.1, -0.05) is 24.3 Å². The van der Waals surface area contributed by atoms with E-state index in [-0.39, 0.29) is 11.8 Å². The van der Waals surface area contributed by atoms with Gasteiger partial charge >= 0.3 is 6.03 Å². The van der Waals surface area contributed by atoms with E-state index in [4.69, 9.17) is 0 Å². The number of carbonyl (C=O) groups excluding carboxylic acids is 1. The summed E-state index contributed by atoms with van der Waals surface area (Å²) in [6.07, 6.45) is 5.97. The molecule has 0 saturated carbocycles. The van der Waals surface area contributed by atoms with Crippen molar-refractivity contribution in [2.45, 2.75) is 44.0 Å². The lowest BCUT2D eigenvalue weighted by Crippen LogP contribution is -2.48. The molecule has 0 bridgehead atoms. The maximum absolute atomic E-state index is 12.4. The number of benzene rings is 1. The first kappa shape index (κ1) is 19.2. The van der Waals surface area contributed by atoms with Crippen LogP contribution in [0.15, 0.2) is 24.3 Å². The van der Waals surface area contributed by atoms with Gasteiger partial charge in [0.05, 0.1) is 5.75 Å². The highest BCUT2D eigenvalue weighted by atomic mass is 32.2. The van der Waals surface area contributed by atoms with E-state index >= 15 is 0 Å². The van der Waals surface area contributed by atoms with Gasteiger partial charge in [0.1, 0.15) is 0 Å². The summed E-state index contributed by atoms with van der Waals surface area (Å²) < 4.78 is 22.6. The lowest BCUT2D eigenvalue weighted by Gasteiger charge is -2.36. The number of piperidine rings is 1. The average molecular weight is 380 g/mol. The SMILES string of the molecule is CS(=O)(=O)Cc1ccc(CNC(=O)N2CCC(N3CCCC3)CC2)cc1. The van der Waals surface area contributed by atoms with Crippen molar-refractivity contribution in [3.8, 4) is 0 Å². The molecule has 1 aromatic carbocycles. The molecule has 144 valence electrons. The van der Waals surface area contributed by atoms with Crippen LogP contribution in [0.4, 0.5) is 4.79 Å². The number of nitrogens with one attached hydrogen (secondary N) is 1.